The number of aromatic nitrogens is 2. The fourth-order valence-electron chi connectivity index (χ4n) is 2.43. The molecule has 1 aliphatic rings. The molecule has 0 saturated carbocycles. The van der Waals surface area contributed by atoms with Gasteiger partial charge in [0.15, 0.2) is 0 Å². The minimum Gasteiger partial charge on any atom is -0.391 e. The van der Waals surface area contributed by atoms with E-state index in [1.807, 2.05) is 4.90 Å². The largest absolute Gasteiger partial charge is 0.391 e. The maximum Gasteiger partial charge on any atom is 0.292 e. The normalized spacial score (nSPS) is 18.0. The third-order valence-electron chi connectivity index (χ3n) is 3.54. The molecule has 0 aliphatic carbocycles. The fourth-order valence-corrected chi connectivity index (χ4v) is 3.17. The Morgan fingerprint density at radius 3 is 2.64 bits per heavy atom. The lowest BCUT2D eigenvalue weighted by molar-refractivity contribution is 0.198. The number of hydrogen-bond donors (Lipinski definition) is 1. The molecular weight excluding hydrogens is 349 g/mol. The summed E-state index contributed by atoms with van der Waals surface area (Å²) in [6.07, 6.45) is 1.74. The molecule has 2 aromatic rings. The van der Waals surface area contributed by atoms with Gasteiger partial charge in [0, 0.05) is 18.1 Å². The molecule has 8 heteroatoms. The molecule has 116 valence electrons. The summed E-state index contributed by atoms with van der Waals surface area (Å²) in [7, 11) is 0. The standard InChI is InChI=1S/C14H12Cl3N3O2/c15-8-1-2-11(10(16)5-8)20-14(22)13(17)12(6-18-20)19-4-3-9(21)7-19/h1-2,5-6,9,21H,3-4,7H2/t9-/m0/s1. The third kappa shape index (κ3) is 2.82. The lowest BCUT2D eigenvalue weighted by Crippen LogP contribution is -2.28. The van der Waals surface area contributed by atoms with E-state index in [9.17, 15) is 9.90 Å². The Bertz CT molecular complexity index is 778. The zero-order valence-corrected chi connectivity index (χ0v) is 13.6. The Morgan fingerprint density at radius 2 is 2.00 bits per heavy atom. The summed E-state index contributed by atoms with van der Waals surface area (Å²) < 4.78 is 1.14. The second kappa shape index (κ2) is 6.08. The van der Waals surface area contributed by atoms with Crippen molar-refractivity contribution in [3.63, 3.8) is 0 Å². The van der Waals surface area contributed by atoms with Crippen molar-refractivity contribution in [2.24, 2.45) is 0 Å². The molecule has 1 saturated heterocycles. The highest BCUT2D eigenvalue weighted by Gasteiger charge is 2.24. The van der Waals surface area contributed by atoms with Gasteiger partial charge in [-0.3, -0.25) is 4.79 Å². The number of halogens is 3. The summed E-state index contributed by atoms with van der Waals surface area (Å²) in [5.74, 6) is 0. The molecule has 1 atom stereocenters. The molecule has 1 N–H and O–H groups in total. The van der Waals surface area contributed by atoms with Gasteiger partial charge in [-0.05, 0) is 24.6 Å². The van der Waals surface area contributed by atoms with Crippen LogP contribution < -0.4 is 10.5 Å². The van der Waals surface area contributed by atoms with Crippen LogP contribution in [-0.4, -0.2) is 34.1 Å². The third-order valence-corrected chi connectivity index (χ3v) is 4.44. The maximum atomic E-state index is 12.5. The SMILES string of the molecule is O=c1c(Cl)c(N2CC[C@H](O)C2)cnn1-c1ccc(Cl)cc1Cl. The molecule has 0 unspecified atom stereocenters. The van der Waals surface area contributed by atoms with Crippen molar-refractivity contribution in [3.05, 3.63) is 49.8 Å². The molecule has 5 nitrogen and oxygen atoms in total. The van der Waals surface area contributed by atoms with E-state index in [2.05, 4.69) is 5.10 Å². The summed E-state index contributed by atoms with van der Waals surface area (Å²) >= 11 is 18.1. The molecule has 0 bridgehead atoms. The number of β-amino-alcohol motifs (C(OH)–C–C–N with tert-alkyl or cyclic N) is 1. The number of aliphatic hydroxyl groups excluding tert-OH is 1. The average Bonchev–Trinajstić information content (AvgIpc) is 2.89. The highest BCUT2D eigenvalue weighted by Crippen LogP contribution is 2.27. The fraction of sp³-hybridized carbons (Fsp3) is 0.286. The maximum absolute atomic E-state index is 12.5. The van der Waals surface area contributed by atoms with E-state index < -0.39 is 11.7 Å². The summed E-state index contributed by atoms with van der Waals surface area (Å²) in [5, 5.41) is 14.6. The molecule has 3 rings (SSSR count). The van der Waals surface area contributed by atoms with E-state index in [4.69, 9.17) is 34.8 Å². The molecule has 1 aliphatic heterocycles. The van der Waals surface area contributed by atoms with Gasteiger partial charge in [-0.25, -0.2) is 0 Å². The first-order chi connectivity index (χ1) is 10.5. The van der Waals surface area contributed by atoms with Crippen molar-refractivity contribution in [2.45, 2.75) is 12.5 Å². The van der Waals surface area contributed by atoms with Gasteiger partial charge in [0.05, 0.1) is 28.7 Å². The highest BCUT2D eigenvalue weighted by atomic mass is 35.5. The molecule has 0 amide bonds. The van der Waals surface area contributed by atoms with Crippen LogP contribution in [0.3, 0.4) is 0 Å². The van der Waals surface area contributed by atoms with Gasteiger partial charge in [-0.2, -0.15) is 9.78 Å². The van der Waals surface area contributed by atoms with Gasteiger partial charge in [0.25, 0.3) is 5.56 Å². The topological polar surface area (TPSA) is 58.4 Å². The first kappa shape index (κ1) is 15.6. The van der Waals surface area contributed by atoms with Crippen LogP contribution in [0.5, 0.6) is 0 Å². The van der Waals surface area contributed by atoms with Gasteiger partial charge in [-0.15, -0.1) is 0 Å². The van der Waals surface area contributed by atoms with Crippen LogP contribution in [0.25, 0.3) is 5.69 Å². The van der Waals surface area contributed by atoms with Crippen molar-refractivity contribution < 1.29 is 5.11 Å². The zero-order valence-electron chi connectivity index (χ0n) is 11.3. The molecule has 0 radical (unpaired) electrons. The van der Waals surface area contributed by atoms with E-state index in [-0.39, 0.29) is 5.02 Å². The van der Waals surface area contributed by atoms with Crippen molar-refractivity contribution in [2.75, 3.05) is 18.0 Å². The van der Waals surface area contributed by atoms with E-state index >= 15 is 0 Å². The molecule has 1 aromatic heterocycles. The number of rotatable bonds is 2. The lowest BCUT2D eigenvalue weighted by atomic mass is 10.3. The van der Waals surface area contributed by atoms with Crippen molar-refractivity contribution in [1.29, 1.82) is 0 Å². The first-order valence-electron chi connectivity index (χ1n) is 6.63. The smallest absolute Gasteiger partial charge is 0.292 e. The summed E-state index contributed by atoms with van der Waals surface area (Å²) in [4.78, 5) is 14.3. The Labute approximate surface area is 141 Å². The van der Waals surface area contributed by atoms with E-state index in [0.717, 1.165) is 4.68 Å². The van der Waals surface area contributed by atoms with E-state index in [0.29, 0.717) is 40.9 Å². The van der Waals surface area contributed by atoms with Gasteiger partial charge >= 0.3 is 0 Å². The average molecular weight is 361 g/mol. The van der Waals surface area contributed by atoms with E-state index in [1.54, 1.807) is 12.1 Å². The number of anilines is 1. The molecular formula is C14H12Cl3N3O2. The molecule has 1 fully saturated rings. The minimum absolute atomic E-state index is 0.0510. The van der Waals surface area contributed by atoms with Crippen molar-refractivity contribution in [3.8, 4) is 5.69 Å². The quantitative estimate of drug-likeness (QED) is 0.895. The monoisotopic (exact) mass is 359 g/mol. The van der Waals surface area contributed by atoms with Crippen LogP contribution in [0.4, 0.5) is 5.69 Å². The van der Waals surface area contributed by atoms with Crippen LogP contribution in [0.1, 0.15) is 6.42 Å². The molecule has 0 spiro atoms. The number of hydrogen-bond acceptors (Lipinski definition) is 4. The Hall–Kier alpha value is -1.27. The predicted octanol–water partition coefficient (Wildman–Crippen LogP) is 2.76. The Kier molecular flexibility index (Phi) is 4.32. The summed E-state index contributed by atoms with van der Waals surface area (Å²) in [6, 6.07) is 4.76. The summed E-state index contributed by atoms with van der Waals surface area (Å²) in [5.41, 5.74) is 0.459. The van der Waals surface area contributed by atoms with Crippen LogP contribution in [0, 0.1) is 0 Å². The molecule has 22 heavy (non-hydrogen) atoms. The minimum atomic E-state index is -0.468. The first-order valence-corrected chi connectivity index (χ1v) is 7.77. The van der Waals surface area contributed by atoms with Gasteiger partial charge in [0.1, 0.15) is 5.02 Å². The van der Waals surface area contributed by atoms with Gasteiger partial charge in [0.2, 0.25) is 0 Å². The van der Waals surface area contributed by atoms with Crippen LogP contribution in [0.15, 0.2) is 29.2 Å². The highest BCUT2D eigenvalue weighted by molar-refractivity contribution is 6.36. The van der Waals surface area contributed by atoms with E-state index in [1.165, 1.54) is 12.3 Å². The summed E-state index contributed by atoms with van der Waals surface area (Å²) in [6.45, 7) is 1.07. The van der Waals surface area contributed by atoms with Crippen LogP contribution in [-0.2, 0) is 0 Å². The lowest BCUT2D eigenvalue weighted by Gasteiger charge is -2.19. The number of aliphatic hydroxyl groups is 1. The molecule has 2 heterocycles. The van der Waals surface area contributed by atoms with Crippen molar-refractivity contribution in [1.82, 2.24) is 9.78 Å². The van der Waals surface area contributed by atoms with Crippen LogP contribution in [0.2, 0.25) is 15.1 Å². The number of benzene rings is 1. The second-order valence-electron chi connectivity index (χ2n) is 5.04. The second-order valence-corrected chi connectivity index (χ2v) is 6.27. The van der Waals surface area contributed by atoms with Crippen LogP contribution >= 0.6 is 34.8 Å². The Balaban J connectivity index is 2.05. The Morgan fingerprint density at radius 1 is 1.23 bits per heavy atom. The van der Waals surface area contributed by atoms with Gasteiger partial charge < -0.3 is 10.0 Å². The van der Waals surface area contributed by atoms with Crippen molar-refractivity contribution >= 4 is 40.5 Å². The number of nitrogens with zero attached hydrogens (tertiary/aromatic N) is 3. The zero-order chi connectivity index (χ0) is 15.9. The predicted molar refractivity (Wildman–Crippen MR) is 87.7 cm³/mol. The molecule has 1 aromatic carbocycles. The van der Waals surface area contributed by atoms with Gasteiger partial charge in [-0.1, -0.05) is 34.8 Å².